The number of pyridine rings is 1. The van der Waals surface area contributed by atoms with Crippen LogP contribution in [0.2, 0.25) is 0 Å². The second-order valence-electron chi connectivity index (χ2n) is 4.72. The van der Waals surface area contributed by atoms with Crippen LogP contribution in [0.25, 0.3) is 10.8 Å². The molecule has 0 aliphatic heterocycles. The Morgan fingerprint density at radius 1 is 1.11 bits per heavy atom. The Morgan fingerprint density at radius 3 is 2.63 bits per heavy atom. The molecule has 19 heavy (non-hydrogen) atoms. The molecule has 3 heteroatoms. The van der Waals surface area contributed by atoms with Crippen LogP contribution in [-0.4, -0.2) is 10.1 Å². The van der Waals surface area contributed by atoms with Gasteiger partial charge in [-0.1, -0.05) is 24.3 Å². The van der Waals surface area contributed by atoms with Crippen molar-refractivity contribution >= 4 is 22.1 Å². The lowest BCUT2D eigenvalue weighted by molar-refractivity contribution is 0.221. The number of aliphatic hydroxyl groups excluding tert-OH is 1. The van der Waals surface area contributed by atoms with Gasteiger partial charge in [0, 0.05) is 33.1 Å². The van der Waals surface area contributed by atoms with Crippen molar-refractivity contribution in [3.05, 3.63) is 63.6 Å². The zero-order valence-electron chi connectivity index (χ0n) is 10.9. The van der Waals surface area contributed by atoms with Gasteiger partial charge >= 0.3 is 0 Å². The molecule has 0 aliphatic carbocycles. The van der Waals surface area contributed by atoms with Crippen LogP contribution in [0.5, 0.6) is 0 Å². The number of fused-ring (bicyclic) bond motifs is 1. The molecule has 0 fully saturated rings. The van der Waals surface area contributed by atoms with Gasteiger partial charge in [-0.2, -0.15) is 0 Å². The van der Waals surface area contributed by atoms with Gasteiger partial charge in [-0.05, 0) is 30.9 Å². The van der Waals surface area contributed by atoms with Crippen LogP contribution in [0.15, 0.2) is 42.7 Å². The maximum Gasteiger partial charge on any atom is 0.107 e. The number of benzene rings is 1. The number of aryl methyl sites for hydroxylation is 2. The molecule has 1 aromatic carbocycles. The van der Waals surface area contributed by atoms with E-state index in [1.807, 2.05) is 30.5 Å². The van der Waals surface area contributed by atoms with Crippen LogP contribution in [0.3, 0.4) is 0 Å². The summed E-state index contributed by atoms with van der Waals surface area (Å²) in [5, 5.41) is 12.8. The molecular formula is C16H15NOS. The third kappa shape index (κ3) is 2.15. The monoisotopic (exact) mass is 269 g/mol. The summed E-state index contributed by atoms with van der Waals surface area (Å²) in [6.45, 7) is 4.12. The van der Waals surface area contributed by atoms with Crippen LogP contribution >= 0.6 is 11.3 Å². The molecule has 96 valence electrons. The third-order valence-corrected chi connectivity index (χ3v) is 4.35. The van der Waals surface area contributed by atoms with E-state index in [1.54, 1.807) is 17.5 Å². The average molecular weight is 269 g/mol. The fourth-order valence-corrected chi connectivity index (χ4v) is 3.40. The summed E-state index contributed by atoms with van der Waals surface area (Å²) in [7, 11) is 0. The van der Waals surface area contributed by atoms with Gasteiger partial charge in [-0.25, -0.2) is 0 Å². The molecule has 0 bridgehead atoms. The van der Waals surface area contributed by atoms with Gasteiger partial charge in [-0.15, -0.1) is 11.3 Å². The molecular weight excluding hydrogens is 254 g/mol. The van der Waals surface area contributed by atoms with Crippen molar-refractivity contribution in [1.29, 1.82) is 0 Å². The Hall–Kier alpha value is -1.71. The first kappa shape index (κ1) is 12.3. The molecule has 0 amide bonds. The van der Waals surface area contributed by atoms with E-state index in [1.165, 1.54) is 4.88 Å². The fraction of sp³-hybridized carbons (Fsp3) is 0.188. The molecule has 0 saturated carbocycles. The van der Waals surface area contributed by atoms with Gasteiger partial charge in [0.05, 0.1) is 0 Å². The van der Waals surface area contributed by atoms with E-state index in [4.69, 9.17) is 0 Å². The second-order valence-corrected chi connectivity index (χ2v) is 6.18. The maximum atomic E-state index is 10.7. The highest BCUT2D eigenvalue weighted by Crippen LogP contribution is 2.33. The first-order chi connectivity index (χ1) is 9.16. The van der Waals surface area contributed by atoms with Crippen molar-refractivity contribution in [2.75, 3.05) is 0 Å². The quantitative estimate of drug-likeness (QED) is 0.763. The lowest BCUT2D eigenvalue weighted by Gasteiger charge is -2.13. The number of hydrogen-bond donors (Lipinski definition) is 1. The minimum absolute atomic E-state index is 0.608. The molecule has 2 nitrogen and oxygen atoms in total. The number of rotatable bonds is 2. The summed E-state index contributed by atoms with van der Waals surface area (Å²) in [5.41, 5.74) is 1.86. The standard InChI is InChI=1S/C16H15NOS/c1-10-7-14(11(2)19-10)16(18)15-9-17-8-12-5-3-4-6-13(12)15/h3-9,16,18H,1-2H3. The van der Waals surface area contributed by atoms with Crippen molar-refractivity contribution < 1.29 is 5.11 Å². The fourth-order valence-electron chi connectivity index (χ4n) is 2.45. The van der Waals surface area contributed by atoms with Crippen LogP contribution < -0.4 is 0 Å². The van der Waals surface area contributed by atoms with E-state index in [-0.39, 0.29) is 0 Å². The Morgan fingerprint density at radius 2 is 1.89 bits per heavy atom. The van der Waals surface area contributed by atoms with E-state index in [0.717, 1.165) is 26.8 Å². The van der Waals surface area contributed by atoms with Crippen LogP contribution in [0.4, 0.5) is 0 Å². The molecule has 0 spiro atoms. The number of thiophene rings is 1. The first-order valence-electron chi connectivity index (χ1n) is 6.24. The van der Waals surface area contributed by atoms with Crippen molar-refractivity contribution in [2.24, 2.45) is 0 Å². The SMILES string of the molecule is Cc1cc(C(O)c2cncc3ccccc23)c(C)s1. The summed E-state index contributed by atoms with van der Waals surface area (Å²) in [6, 6.07) is 10.1. The summed E-state index contributed by atoms with van der Waals surface area (Å²) in [5.74, 6) is 0. The van der Waals surface area contributed by atoms with Crippen molar-refractivity contribution in [3.63, 3.8) is 0 Å². The number of aliphatic hydroxyl groups is 1. The van der Waals surface area contributed by atoms with Crippen molar-refractivity contribution in [2.45, 2.75) is 20.0 Å². The molecule has 1 N–H and O–H groups in total. The molecule has 3 aromatic rings. The highest BCUT2D eigenvalue weighted by Gasteiger charge is 2.17. The van der Waals surface area contributed by atoms with Crippen LogP contribution in [-0.2, 0) is 0 Å². The number of hydrogen-bond acceptors (Lipinski definition) is 3. The van der Waals surface area contributed by atoms with Gasteiger partial charge in [0.25, 0.3) is 0 Å². The highest BCUT2D eigenvalue weighted by molar-refractivity contribution is 7.12. The minimum Gasteiger partial charge on any atom is -0.384 e. The zero-order valence-corrected chi connectivity index (χ0v) is 11.7. The summed E-state index contributed by atoms with van der Waals surface area (Å²) in [4.78, 5) is 6.63. The third-order valence-electron chi connectivity index (χ3n) is 3.37. The molecule has 1 atom stereocenters. The largest absolute Gasteiger partial charge is 0.384 e. The van der Waals surface area contributed by atoms with E-state index in [0.29, 0.717) is 0 Å². The van der Waals surface area contributed by atoms with Gasteiger partial charge in [0.15, 0.2) is 0 Å². The van der Waals surface area contributed by atoms with Gasteiger partial charge in [0.1, 0.15) is 6.10 Å². The van der Waals surface area contributed by atoms with Crippen molar-refractivity contribution in [3.8, 4) is 0 Å². The summed E-state index contributed by atoms with van der Waals surface area (Å²) >= 11 is 1.72. The minimum atomic E-state index is -0.608. The maximum absolute atomic E-state index is 10.7. The van der Waals surface area contributed by atoms with E-state index in [9.17, 15) is 5.11 Å². The van der Waals surface area contributed by atoms with Gasteiger partial charge in [0.2, 0.25) is 0 Å². The Labute approximate surface area is 116 Å². The molecule has 3 rings (SSSR count). The Kier molecular flexibility index (Phi) is 3.09. The summed E-state index contributed by atoms with van der Waals surface area (Å²) < 4.78 is 0. The second kappa shape index (κ2) is 4.76. The Bertz CT molecular complexity index is 727. The molecule has 1 unspecified atom stereocenters. The average Bonchev–Trinajstić information content (AvgIpc) is 2.76. The first-order valence-corrected chi connectivity index (χ1v) is 7.06. The molecule has 0 saturated heterocycles. The lowest BCUT2D eigenvalue weighted by Crippen LogP contribution is -2.01. The molecule has 0 radical (unpaired) electrons. The molecule has 2 heterocycles. The predicted octanol–water partition coefficient (Wildman–Crippen LogP) is 3.99. The smallest absolute Gasteiger partial charge is 0.107 e. The van der Waals surface area contributed by atoms with Crippen LogP contribution in [0.1, 0.15) is 27.0 Å². The highest BCUT2D eigenvalue weighted by atomic mass is 32.1. The van der Waals surface area contributed by atoms with Crippen molar-refractivity contribution in [1.82, 2.24) is 4.98 Å². The summed E-state index contributed by atoms with van der Waals surface area (Å²) in [6.07, 6.45) is 2.99. The van der Waals surface area contributed by atoms with E-state index in [2.05, 4.69) is 24.9 Å². The molecule has 2 aromatic heterocycles. The lowest BCUT2D eigenvalue weighted by atomic mass is 9.98. The van der Waals surface area contributed by atoms with Gasteiger partial charge < -0.3 is 5.11 Å². The topological polar surface area (TPSA) is 33.1 Å². The predicted molar refractivity (Wildman–Crippen MR) is 79.6 cm³/mol. The normalized spacial score (nSPS) is 12.8. The zero-order chi connectivity index (χ0) is 13.4. The van der Waals surface area contributed by atoms with E-state index < -0.39 is 6.10 Å². The number of aromatic nitrogens is 1. The number of nitrogens with zero attached hydrogens (tertiary/aromatic N) is 1. The van der Waals surface area contributed by atoms with Crippen LogP contribution in [0, 0.1) is 13.8 Å². The Balaban J connectivity index is 2.16. The van der Waals surface area contributed by atoms with Gasteiger partial charge in [-0.3, -0.25) is 4.98 Å². The molecule has 0 aliphatic rings. The van der Waals surface area contributed by atoms with E-state index >= 15 is 0 Å².